The number of anilines is 1. The van der Waals surface area contributed by atoms with Gasteiger partial charge in [0.2, 0.25) is 5.91 Å². The SMILES string of the molecule is CC(=O)c1cccc(NC(=O)C(Sc2nc3sc(C)c(C)c3c(=O)n2C)c2ccccc2)c1. The minimum absolute atomic E-state index is 0.0749. The Kier molecular flexibility index (Phi) is 6.49. The van der Waals surface area contributed by atoms with E-state index < -0.39 is 5.25 Å². The molecular formula is C25H23N3O3S2. The number of aromatic nitrogens is 2. The molecule has 2 aromatic carbocycles. The van der Waals surface area contributed by atoms with Crippen LogP contribution in [-0.4, -0.2) is 21.2 Å². The van der Waals surface area contributed by atoms with Crippen molar-refractivity contribution in [2.75, 3.05) is 5.32 Å². The van der Waals surface area contributed by atoms with E-state index in [1.165, 1.54) is 34.6 Å². The van der Waals surface area contributed by atoms with Gasteiger partial charge in [0.1, 0.15) is 10.1 Å². The Balaban J connectivity index is 1.73. The average molecular weight is 478 g/mol. The van der Waals surface area contributed by atoms with Gasteiger partial charge in [0.25, 0.3) is 5.56 Å². The number of ketones is 1. The summed E-state index contributed by atoms with van der Waals surface area (Å²) in [6.07, 6.45) is 0. The predicted octanol–water partition coefficient (Wildman–Crippen LogP) is 5.29. The van der Waals surface area contributed by atoms with Crippen LogP contribution in [0.15, 0.2) is 64.5 Å². The number of rotatable bonds is 6. The fraction of sp³-hybridized carbons (Fsp3) is 0.200. The van der Waals surface area contributed by atoms with E-state index in [9.17, 15) is 14.4 Å². The zero-order valence-corrected chi connectivity index (χ0v) is 20.3. The lowest BCUT2D eigenvalue weighted by Gasteiger charge is -2.18. The van der Waals surface area contributed by atoms with Gasteiger partial charge in [0.15, 0.2) is 10.9 Å². The van der Waals surface area contributed by atoms with Gasteiger partial charge in [-0.15, -0.1) is 11.3 Å². The average Bonchev–Trinajstić information content (AvgIpc) is 3.09. The third-order valence-electron chi connectivity index (χ3n) is 5.47. The number of thiophene rings is 1. The van der Waals surface area contributed by atoms with Crippen molar-refractivity contribution >= 4 is 50.7 Å². The molecule has 0 spiro atoms. The van der Waals surface area contributed by atoms with Crippen LogP contribution in [0.2, 0.25) is 0 Å². The van der Waals surface area contributed by atoms with E-state index in [2.05, 4.69) is 5.32 Å². The van der Waals surface area contributed by atoms with E-state index >= 15 is 0 Å². The standard InChI is InChI=1S/C25H23N3O3S2/c1-14-16(3)32-23-20(14)24(31)28(4)25(27-23)33-21(17-9-6-5-7-10-17)22(30)26-19-12-8-11-18(13-19)15(2)29/h5-13,21H,1-4H3,(H,26,30). The minimum Gasteiger partial charge on any atom is -0.325 e. The molecule has 168 valence electrons. The Labute approximate surface area is 199 Å². The largest absolute Gasteiger partial charge is 0.325 e. The number of aryl methyl sites for hydroxylation is 2. The van der Waals surface area contributed by atoms with Crippen LogP contribution < -0.4 is 10.9 Å². The van der Waals surface area contributed by atoms with Gasteiger partial charge in [0.05, 0.1) is 5.39 Å². The summed E-state index contributed by atoms with van der Waals surface area (Å²) in [4.78, 5) is 44.6. The van der Waals surface area contributed by atoms with Crippen LogP contribution in [-0.2, 0) is 11.8 Å². The second-order valence-corrected chi connectivity index (χ2v) is 10.0. The molecule has 0 saturated carbocycles. The molecule has 4 aromatic rings. The first-order chi connectivity index (χ1) is 15.8. The Hall–Kier alpha value is -3.23. The van der Waals surface area contributed by atoms with Crippen molar-refractivity contribution in [3.05, 3.63) is 86.5 Å². The van der Waals surface area contributed by atoms with Gasteiger partial charge >= 0.3 is 0 Å². The van der Waals surface area contributed by atoms with E-state index in [4.69, 9.17) is 4.98 Å². The van der Waals surface area contributed by atoms with E-state index in [1.54, 1.807) is 31.3 Å². The molecule has 8 heteroatoms. The van der Waals surface area contributed by atoms with Gasteiger partial charge in [-0.05, 0) is 44.0 Å². The highest BCUT2D eigenvalue weighted by atomic mass is 32.2. The van der Waals surface area contributed by atoms with Gasteiger partial charge in [-0.25, -0.2) is 4.98 Å². The third-order valence-corrected chi connectivity index (χ3v) is 7.87. The number of carbonyl (C=O) groups is 2. The van der Waals surface area contributed by atoms with Crippen molar-refractivity contribution in [3.63, 3.8) is 0 Å². The zero-order chi connectivity index (χ0) is 23.7. The number of nitrogens with zero attached hydrogens (tertiary/aromatic N) is 2. The third kappa shape index (κ3) is 4.62. The number of Topliss-reactive ketones (excluding diaryl/α,β-unsaturated/α-hetero) is 1. The molecule has 2 heterocycles. The molecule has 6 nitrogen and oxygen atoms in total. The summed E-state index contributed by atoms with van der Waals surface area (Å²) in [5.41, 5.74) is 2.68. The van der Waals surface area contributed by atoms with Gasteiger partial charge in [-0.3, -0.25) is 19.0 Å². The van der Waals surface area contributed by atoms with Crippen molar-refractivity contribution < 1.29 is 9.59 Å². The number of hydrogen-bond acceptors (Lipinski definition) is 6. The van der Waals surface area contributed by atoms with Crippen molar-refractivity contribution in [1.82, 2.24) is 9.55 Å². The predicted molar refractivity (Wildman–Crippen MR) is 134 cm³/mol. The van der Waals surface area contributed by atoms with E-state index in [1.807, 2.05) is 44.2 Å². The summed E-state index contributed by atoms with van der Waals surface area (Å²) in [5.74, 6) is -0.339. The molecule has 1 N–H and O–H groups in total. The summed E-state index contributed by atoms with van der Waals surface area (Å²) in [5, 5.41) is 3.37. The van der Waals surface area contributed by atoms with Crippen molar-refractivity contribution in [1.29, 1.82) is 0 Å². The maximum absolute atomic E-state index is 13.4. The number of thioether (sulfide) groups is 1. The summed E-state index contributed by atoms with van der Waals surface area (Å²) in [6, 6.07) is 16.2. The lowest BCUT2D eigenvalue weighted by molar-refractivity contribution is -0.115. The number of amides is 1. The van der Waals surface area contributed by atoms with Crippen LogP contribution in [0.3, 0.4) is 0 Å². The van der Waals surface area contributed by atoms with Crippen LogP contribution in [0.1, 0.15) is 38.5 Å². The summed E-state index contributed by atoms with van der Waals surface area (Å²) in [6.45, 7) is 5.39. The Morgan fingerprint density at radius 2 is 1.82 bits per heavy atom. The van der Waals surface area contributed by atoms with Crippen LogP contribution in [0.4, 0.5) is 5.69 Å². The lowest BCUT2D eigenvalue weighted by Crippen LogP contribution is -2.23. The molecule has 33 heavy (non-hydrogen) atoms. The van der Waals surface area contributed by atoms with Gasteiger partial charge < -0.3 is 5.32 Å². The Morgan fingerprint density at radius 3 is 2.52 bits per heavy atom. The smallest absolute Gasteiger partial charge is 0.262 e. The topological polar surface area (TPSA) is 81.1 Å². The number of fused-ring (bicyclic) bond motifs is 1. The molecule has 0 radical (unpaired) electrons. The number of hydrogen-bond donors (Lipinski definition) is 1. The molecule has 0 aliphatic heterocycles. The van der Waals surface area contributed by atoms with Crippen LogP contribution in [0.5, 0.6) is 0 Å². The molecule has 1 amide bonds. The summed E-state index contributed by atoms with van der Waals surface area (Å²) < 4.78 is 1.51. The molecule has 1 unspecified atom stereocenters. The fourth-order valence-electron chi connectivity index (χ4n) is 3.49. The van der Waals surface area contributed by atoms with Gasteiger partial charge in [-0.2, -0.15) is 0 Å². The Bertz CT molecular complexity index is 1420. The molecule has 1 atom stereocenters. The minimum atomic E-state index is -0.648. The monoisotopic (exact) mass is 477 g/mol. The highest BCUT2D eigenvalue weighted by Crippen LogP contribution is 2.36. The molecule has 0 aliphatic carbocycles. The highest BCUT2D eigenvalue weighted by molar-refractivity contribution is 8.00. The molecule has 0 fully saturated rings. The zero-order valence-electron chi connectivity index (χ0n) is 18.7. The van der Waals surface area contributed by atoms with Gasteiger partial charge in [-0.1, -0.05) is 54.2 Å². The van der Waals surface area contributed by atoms with Crippen molar-refractivity contribution in [3.8, 4) is 0 Å². The van der Waals surface area contributed by atoms with E-state index in [0.29, 0.717) is 26.6 Å². The first kappa shape index (κ1) is 22.9. The lowest BCUT2D eigenvalue weighted by atomic mass is 10.1. The second-order valence-electron chi connectivity index (χ2n) is 7.76. The number of benzene rings is 2. The molecule has 4 rings (SSSR count). The van der Waals surface area contributed by atoms with E-state index in [-0.39, 0.29) is 17.2 Å². The molecule has 0 saturated heterocycles. The van der Waals surface area contributed by atoms with Crippen molar-refractivity contribution in [2.24, 2.45) is 7.05 Å². The van der Waals surface area contributed by atoms with Crippen LogP contribution in [0, 0.1) is 13.8 Å². The Morgan fingerprint density at radius 1 is 1.09 bits per heavy atom. The first-order valence-electron chi connectivity index (χ1n) is 10.4. The van der Waals surface area contributed by atoms with Gasteiger partial charge in [0, 0.05) is 23.2 Å². The maximum atomic E-state index is 13.4. The fourth-order valence-corrected chi connectivity index (χ4v) is 5.62. The van der Waals surface area contributed by atoms with Crippen LogP contribution >= 0.6 is 23.1 Å². The van der Waals surface area contributed by atoms with Crippen LogP contribution in [0.25, 0.3) is 10.2 Å². The first-order valence-corrected chi connectivity index (χ1v) is 12.1. The molecule has 2 aromatic heterocycles. The molecule has 0 bridgehead atoms. The summed E-state index contributed by atoms with van der Waals surface area (Å²) in [7, 11) is 1.68. The highest BCUT2D eigenvalue weighted by Gasteiger charge is 2.25. The van der Waals surface area contributed by atoms with Crippen molar-refractivity contribution in [2.45, 2.75) is 31.2 Å². The normalized spacial score (nSPS) is 12.0. The maximum Gasteiger partial charge on any atom is 0.262 e. The molecular weight excluding hydrogens is 454 g/mol. The molecule has 0 aliphatic rings. The number of nitrogens with one attached hydrogen (secondary N) is 1. The quantitative estimate of drug-likeness (QED) is 0.232. The number of carbonyl (C=O) groups excluding carboxylic acids is 2. The second kappa shape index (κ2) is 9.33. The summed E-state index contributed by atoms with van der Waals surface area (Å²) >= 11 is 2.71. The van der Waals surface area contributed by atoms with E-state index in [0.717, 1.165) is 16.0 Å².